The Hall–Kier alpha value is -2.17. The Morgan fingerprint density at radius 2 is 1.75 bits per heavy atom. The number of carbonyl (C=O) groups is 1. The van der Waals surface area contributed by atoms with Crippen molar-refractivity contribution in [3.63, 3.8) is 0 Å². The number of fused-ring (bicyclic) bond motifs is 2. The largest absolute Gasteiger partial charge is 0.371 e. The van der Waals surface area contributed by atoms with E-state index in [1.54, 1.807) is 0 Å². The molecule has 0 aliphatic carbocycles. The molecule has 24 heavy (non-hydrogen) atoms. The molecule has 2 saturated heterocycles. The standard InChI is InChI=1S/C20H22N2O2/c23-20(21-16-9-5-2-6-10-16)18-11-17-13-22(14-19(18)24-17)12-15-7-3-1-4-8-15/h1-10,17-19H,11-14H2,(H,21,23)/t17-,18+,19+/m0/s1. The number of hydrogen-bond acceptors (Lipinski definition) is 3. The Kier molecular flexibility index (Phi) is 4.32. The van der Waals surface area contributed by atoms with Crippen LogP contribution in [0.2, 0.25) is 0 Å². The Morgan fingerprint density at radius 3 is 2.50 bits per heavy atom. The van der Waals surface area contributed by atoms with Gasteiger partial charge in [0, 0.05) is 25.3 Å². The molecule has 2 aliphatic rings. The molecule has 0 saturated carbocycles. The highest BCUT2D eigenvalue weighted by Crippen LogP contribution is 2.33. The van der Waals surface area contributed by atoms with Crippen LogP contribution in [0.5, 0.6) is 0 Å². The van der Waals surface area contributed by atoms with Crippen LogP contribution in [0.3, 0.4) is 0 Å². The van der Waals surface area contributed by atoms with Gasteiger partial charge in [0.2, 0.25) is 5.91 Å². The molecule has 2 aliphatic heterocycles. The van der Waals surface area contributed by atoms with Gasteiger partial charge in [0.05, 0.1) is 18.1 Å². The summed E-state index contributed by atoms with van der Waals surface area (Å²) in [5.74, 6) is 0.0197. The van der Waals surface area contributed by atoms with Crippen LogP contribution in [0, 0.1) is 5.92 Å². The molecule has 2 heterocycles. The molecule has 2 aromatic rings. The van der Waals surface area contributed by atoms with E-state index in [0.717, 1.165) is 31.7 Å². The number of morpholine rings is 1. The number of para-hydroxylation sites is 1. The summed E-state index contributed by atoms with van der Waals surface area (Å²) < 4.78 is 6.03. The summed E-state index contributed by atoms with van der Waals surface area (Å²) in [6.07, 6.45) is 0.976. The highest BCUT2D eigenvalue weighted by molar-refractivity contribution is 5.93. The first-order valence-corrected chi connectivity index (χ1v) is 8.55. The van der Waals surface area contributed by atoms with Crippen molar-refractivity contribution in [3.05, 3.63) is 66.2 Å². The maximum Gasteiger partial charge on any atom is 0.230 e. The highest BCUT2D eigenvalue weighted by atomic mass is 16.5. The second kappa shape index (κ2) is 6.75. The fourth-order valence-corrected chi connectivity index (χ4v) is 3.74. The van der Waals surface area contributed by atoms with Gasteiger partial charge in [-0.15, -0.1) is 0 Å². The van der Waals surface area contributed by atoms with Crippen LogP contribution in [0.25, 0.3) is 0 Å². The average molecular weight is 322 g/mol. The molecule has 2 aromatic carbocycles. The smallest absolute Gasteiger partial charge is 0.230 e. The summed E-state index contributed by atoms with van der Waals surface area (Å²) in [7, 11) is 0. The van der Waals surface area contributed by atoms with Crippen LogP contribution in [-0.4, -0.2) is 36.1 Å². The Balaban J connectivity index is 1.39. The first-order chi connectivity index (χ1) is 11.8. The number of carbonyl (C=O) groups excluding carboxylic acids is 1. The van der Waals surface area contributed by atoms with Gasteiger partial charge in [0.15, 0.2) is 0 Å². The van der Waals surface area contributed by atoms with Crippen LogP contribution in [0.1, 0.15) is 12.0 Å². The van der Waals surface area contributed by atoms with Gasteiger partial charge < -0.3 is 10.1 Å². The summed E-state index contributed by atoms with van der Waals surface area (Å²) >= 11 is 0. The van der Waals surface area contributed by atoms with Crippen LogP contribution in [0.4, 0.5) is 5.69 Å². The van der Waals surface area contributed by atoms with E-state index in [2.05, 4.69) is 34.5 Å². The molecule has 4 rings (SSSR count). The van der Waals surface area contributed by atoms with Crippen molar-refractivity contribution in [2.45, 2.75) is 25.2 Å². The van der Waals surface area contributed by atoms with Crippen molar-refractivity contribution in [2.75, 3.05) is 18.4 Å². The van der Waals surface area contributed by atoms with Crippen LogP contribution in [-0.2, 0) is 16.1 Å². The van der Waals surface area contributed by atoms with E-state index in [9.17, 15) is 4.79 Å². The van der Waals surface area contributed by atoms with E-state index in [-0.39, 0.29) is 24.0 Å². The number of likely N-dealkylation sites (tertiary alicyclic amines) is 1. The zero-order chi connectivity index (χ0) is 16.4. The monoisotopic (exact) mass is 322 g/mol. The molecule has 124 valence electrons. The molecule has 4 heteroatoms. The first kappa shape index (κ1) is 15.4. The summed E-state index contributed by atoms with van der Waals surface area (Å²) in [6.45, 7) is 2.64. The summed E-state index contributed by atoms with van der Waals surface area (Å²) in [5, 5.41) is 3.02. The van der Waals surface area contributed by atoms with E-state index in [0.29, 0.717) is 0 Å². The van der Waals surface area contributed by atoms with Gasteiger partial charge in [-0.25, -0.2) is 0 Å². The lowest BCUT2D eigenvalue weighted by molar-refractivity contribution is -0.123. The number of nitrogens with one attached hydrogen (secondary N) is 1. The lowest BCUT2D eigenvalue weighted by Gasteiger charge is -2.32. The van der Waals surface area contributed by atoms with Gasteiger partial charge in [0.1, 0.15) is 0 Å². The summed E-state index contributed by atoms with van der Waals surface area (Å²) in [5.41, 5.74) is 2.16. The normalized spacial score (nSPS) is 26.2. The number of nitrogens with zero attached hydrogens (tertiary/aromatic N) is 1. The maximum atomic E-state index is 12.6. The zero-order valence-corrected chi connectivity index (χ0v) is 13.6. The number of anilines is 1. The van der Waals surface area contributed by atoms with E-state index in [1.165, 1.54) is 5.56 Å². The minimum atomic E-state index is -0.0593. The average Bonchev–Trinajstić information content (AvgIpc) is 2.91. The van der Waals surface area contributed by atoms with E-state index in [4.69, 9.17) is 4.74 Å². The van der Waals surface area contributed by atoms with E-state index < -0.39 is 0 Å². The molecule has 0 spiro atoms. The molecule has 4 nitrogen and oxygen atoms in total. The van der Waals surface area contributed by atoms with Gasteiger partial charge in [-0.1, -0.05) is 48.5 Å². The van der Waals surface area contributed by atoms with Gasteiger partial charge in [-0.2, -0.15) is 0 Å². The summed E-state index contributed by atoms with van der Waals surface area (Å²) in [6, 6.07) is 20.1. The molecule has 1 N–H and O–H groups in total. The number of ether oxygens (including phenoxy) is 1. The molecule has 3 atom stereocenters. The Bertz CT molecular complexity index is 689. The fourth-order valence-electron chi connectivity index (χ4n) is 3.74. The van der Waals surface area contributed by atoms with Gasteiger partial charge >= 0.3 is 0 Å². The van der Waals surface area contributed by atoms with Crippen molar-refractivity contribution in [2.24, 2.45) is 5.92 Å². The van der Waals surface area contributed by atoms with Crippen molar-refractivity contribution in [1.29, 1.82) is 0 Å². The molecule has 0 radical (unpaired) electrons. The topological polar surface area (TPSA) is 41.6 Å². The lowest BCUT2D eigenvalue weighted by Crippen LogP contribution is -2.44. The maximum absolute atomic E-state index is 12.6. The number of amides is 1. The van der Waals surface area contributed by atoms with Crippen molar-refractivity contribution in [3.8, 4) is 0 Å². The third-order valence-corrected chi connectivity index (χ3v) is 4.86. The fraction of sp³-hybridized carbons (Fsp3) is 0.350. The minimum Gasteiger partial charge on any atom is -0.371 e. The van der Waals surface area contributed by atoms with Gasteiger partial charge in [0.25, 0.3) is 0 Å². The van der Waals surface area contributed by atoms with E-state index >= 15 is 0 Å². The predicted octanol–water partition coefficient (Wildman–Crippen LogP) is 2.91. The van der Waals surface area contributed by atoms with E-state index in [1.807, 2.05) is 36.4 Å². The number of hydrogen-bond donors (Lipinski definition) is 1. The minimum absolute atomic E-state index is 0.00354. The predicted molar refractivity (Wildman–Crippen MR) is 93.6 cm³/mol. The first-order valence-electron chi connectivity index (χ1n) is 8.55. The van der Waals surface area contributed by atoms with Crippen LogP contribution >= 0.6 is 0 Å². The van der Waals surface area contributed by atoms with Crippen LogP contribution in [0.15, 0.2) is 60.7 Å². The van der Waals surface area contributed by atoms with Crippen LogP contribution < -0.4 is 5.32 Å². The summed E-state index contributed by atoms with van der Waals surface area (Å²) in [4.78, 5) is 15.0. The highest BCUT2D eigenvalue weighted by Gasteiger charge is 2.44. The molecular formula is C20H22N2O2. The molecule has 1 amide bonds. The van der Waals surface area contributed by atoms with Gasteiger partial charge in [-0.3, -0.25) is 9.69 Å². The quantitative estimate of drug-likeness (QED) is 0.941. The zero-order valence-electron chi connectivity index (χ0n) is 13.6. The van der Waals surface area contributed by atoms with Gasteiger partial charge in [-0.05, 0) is 24.1 Å². The second-order valence-electron chi connectivity index (χ2n) is 6.67. The SMILES string of the molecule is O=C(Nc1ccccc1)[C@@H]1C[C@H]2CN(Cc3ccccc3)C[C@H]1O2. The molecule has 2 fully saturated rings. The van der Waals surface area contributed by atoms with Crippen molar-refractivity contribution in [1.82, 2.24) is 4.90 Å². The lowest BCUT2D eigenvalue weighted by atomic mass is 9.99. The number of benzene rings is 2. The molecule has 0 aromatic heterocycles. The Morgan fingerprint density at radius 1 is 1.04 bits per heavy atom. The third-order valence-electron chi connectivity index (χ3n) is 4.86. The third kappa shape index (κ3) is 3.35. The second-order valence-corrected chi connectivity index (χ2v) is 6.67. The van der Waals surface area contributed by atoms with Crippen molar-refractivity contribution < 1.29 is 9.53 Å². The Labute approximate surface area is 142 Å². The number of rotatable bonds is 4. The molecule has 2 bridgehead atoms. The molecule has 0 unspecified atom stereocenters. The van der Waals surface area contributed by atoms with Crippen molar-refractivity contribution >= 4 is 11.6 Å². The molecular weight excluding hydrogens is 300 g/mol.